The number of carboxylic acids is 1. The van der Waals surface area contributed by atoms with Gasteiger partial charge in [-0.1, -0.05) is 26.8 Å². The second kappa shape index (κ2) is 6.64. The van der Waals surface area contributed by atoms with Gasteiger partial charge in [-0.05, 0) is 24.0 Å². The maximum absolute atomic E-state index is 12.2. The fourth-order valence-corrected chi connectivity index (χ4v) is 2.39. The van der Waals surface area contributed by atoms with Crippen molar-refractivity contribution in [2.45, 2.75) is 27.2 Å². The molecule has 0 bridgehead atoms. The van der Waals surface area contributed by atoms with Crippen molar-refractivity contribution in [3.05, 3.63) is 44.4 Å². The van der Waals surface area contributed by atoms with E-state index in [1.54, 1.807) is 6.26 Å². The third kappa shape index (κ3) is 3.30. The van der Waals surface area contributed by atoms with E-state index in [9.17, 15) is 9.59 Å². The number of carboxylic acid groups (broad SMARTS) is 1. The maximum Gasteiger partial charge on any atom is 0.341 e. The Labute approximate surface area is 128 Å². The number of allylic oxidation sites excluding steroid dienone is 1. The van der Waals surface area contributed by atoms with Crippen LogP contribution < -0.4 is 16.0 Å². The molecule has 0 aromatic carbocycles. The molecular weight excluding hydrogens is 282 g/mol. The average molecular weight is 303 g/mol. The molecule has 1 aromatic heterocycles. The van der Waals surface area contributed by atoms with Crippen molar-refractivity contribution in [2.24, 2.45) is 11.8 Å². The molecule has 5 nitrogen and oxygen atoms in total. The molecule has 0 spiro atoms. The fourth-order valence-electron chi connectivity index (χ4n) is 2.39. The van der Waals surface area contributed by atoms with Crippen LogP contribution in [0.15, 0.2) is 22.8 Å². The second-order valence-electron chi connectivity index (χ2n) is 5.83. The first-order valence-corrected chi connectivity index (χ1v) is 7.44. The van der Waals surface area contributed by atoms with Crippen LogP contribution in [0.2, 0.25) is 0 Å². The molecule has 2 rings (SSSR count). The van der Waals surface area contributed by atoms with Crippen molar-refractivity contribution in [1.82, 2.24) is 4.98 Å². The molecule has 22 heavy (non-hydrogen) atoms. The molecule has 1 atom stereocenters. The minimum absolute atomic E-state index is 0.0461. The highest BCUT2D eigenvalue weighted by molar-refractivity contribution is 5.87. The SMILES string of the molecule is CCC1C=c2c([nH]cc(C(=O)O)c2=O)=CC1=COCC(C)C. The molecule has 1 unspecified atom stereocenters. The van der Waals surface area contributed by atoms with Gasteiger partial charge in [0.15, 0.2) is 0 Å². The van der Waals surface area contributed by atoms with Crippen LogP contribution in [0.5, 0.6) is 0 Å². The Morgan fingerprint density at radius 3 is 2.82 bits per heavy atom. The van der Waals surface area contributed by atoms with E-state index in [0.29, 0.717) is 23.1 Å². The summed E-state index contributed by atoms with van der Waals surface area (Å²) < 4.78 is 5.57. The molecule has 0 saturated heterocycles. The number of hydrogen-bond acceptors (Lipinski definition) is 3. The van der Waals surface area contributed by atoms with Crippen LogP contribution in [0.1, 0.15) is 37.6 Å². The Kier molecular flexibility index (Phi) is 4.85. The first-order valence-electron chi connectivity index (χ1n) is 7.44. The van der Waals surface area contributed by atoms with E-state index < -0.39 is 11.4 Å². The third-order valence-corrected chi connectivity index (χ3v) is 3.58. The predicted molar refractivity (Wildman–Crippen MR) is 84.9 cm³/mol. The van der Waals surface area contributed by atoms with Gasteiger partial charge in [0.1, 0.15) is 5.56 Å². The molecule has 0 saturated carbocycles. The van der Waals surface area contributed by atoms with Crippen LogP contribution in [-0.4, -0.2) is 22.7 Å². The summed E-state index contributed by atoms with van der Waals surface area (Å²) in [4.78, 5) is 26.2. The quantitative estimate of drug-likeness (QED) is 0.802. The molecule has 1 aromatic rings. The van der Waals surface area contributed by atoms with E-state index in [1.807, 2.05) is 19.1 Å². The van der Waals surface area contributed by atoms with E-state index >= 15 is 0 Å². The number of ether oxygens (including phenoxy) is 1. The molecule has 1 aliphatic rings. The van der Waals surface area contributed by atoms with Gasteiger partial charge >= 0.3 is 5.97 Å². The van der Waals surface area contributed by atoms with E-state index in [1.165, 1.54) is 6.20 Å². The number of hydrogen-bond donors (Lipinski definition) is 2. The Balaban J connectivity index is 2.50. The highest BCUT2D eigenvalue weighted by Gasteiger charge is 2.16. The predicted octanol–water partition coefficient (Wildman–Crippen LogP) is 1.23. The molecule has 1 aliphatic carbocycles. The van der Waals surface area contributed by atoms with E-state index in [4.69, 9.17) is 9.84 Å². The van der Waals surface area contributed by atoms with Crippen molar-refractivity contribution in [3.8, 4) is 0 Å². The summed E-state index contributed by atoms with van der Waals surface area (Å²) in [7, 11) is 0. The van der Waals surface area contributed by atoms with Gasteiger partial charge in [-0.15, -0.1) is 0 Å². The molecule has 1 heterocycles. The maximum atomic E-state index is 12.2. The molecule has 0 amide bonds. The number of aromatic carboxylic acids is 1. The largest absolute Gasteiger partial charge is 0.501 e. The highest BCUT2D eigenvalue weighted by Crippen LogP contribution is 2.19. The van der Waals surface area contributed by atoms with Crippen molar-refractivity contribution < 1.29 is 14.6 Å². The van der Waals surface area contributed by atoms with Crippen LogP contribution in [0.25, 0.3) is 12.2 Å². The topological polar surface area (TPSA) is 79.4 Å². The molecule has 0 aliphatic heterocycles. The van der Waals surface area contributed by atoms with Gasteiger partial charge < -0.3 is 14.8 Å². The van der Waals surface area contributed by atoms with Crippen LogP contribution in [0.4, 0.5) is 0 Å². The van der Waals surface area contributed by atoms with Crippen LogP contribution in [0, 0.1) is 11.8 Å². The molecule has 118 valence electrons. The third-order valence-electron chi connectivity index (χ3n) is 3.58. The molecule has 5 heteroatoms. The van der Waals surface area contributed by atoms with Crippen LogP contribution >= 0.6 is 0 Å². The molecule has 0 fully saturated rings. The average Bonchev–Trinajstić information content (AvgIpc) is 2.46. The van der Waals surface area contributed by atoms with Crippen molar-refractivity contribution >= 4 is 18.1 Å². The van der Waals surface area contributed by atoms with Crippen molar-refractivity contribution in [2.75, 3.05) is 6.61 Å². The van der Waals surface area contributed by atoms with Gasteiger partial charge in [-0.2, -0.15) is 0 Å². The Bertz CT molecular complexity index is 771. The zero-order chi connectivity index (χ0) is 16.3. The van der Waals surface area contributed by atoms with E-state index in [-0.39, 0.29) is 11.5 Å². The van der Waals surface area contributed by atoms with E-state index in [0.717, 1.165) is 12.0 Å². The minimum atomic E-state index is -1.22. The number of rotatable bonds is 5. The minimum Gasteiger partial charge on any atom is -0.501 e. The molecule has 0 radical (unpaired) electrons. The van der Waals surface area contributed by atoms with Crippen LogP contribution in [-0.2, 0) is 4.74 Å². The Morgan fingerprint density at radius 1 is 1.50 bits per heavy atom. The number of carbonyl (C=O) groups is 1. The molecular formula is C17H21NO4. The Morgan fingerprint density at radius 2 is 2.23 bits per heavy atom. The summed E-state index contributed by atoms with van der Waals surface area (Å²) in [6, 6.07) is 0. The van der Waals surface area contributed by atoms with Gasteiger partial charge in [0.05, 0.1) is 12.9 Å². The highest BCUT2D eigenvalue weighted by atomic mass is 16.5. The van der Waals surface area contributed by atoms with Gasteiger partial charge in [-0.25, -0.2) is 4.79 Å². The van der Waals surface area contributed by atoms with Crippen molar-refractivity contribution in [1.29, 1.82) is 0 Å². The summed E-state index contributed by atoms with van der Waals surface area (Å²) in [6.07, 6.45) is 7.47. The monoisotopic (exact) mass is 303 g/mol. The summed E-state index contributed by atoms with van der Waals surface area (Å²) in [6.45, 7) is 6.81. The number of aromatic amines is 1. The van der Waals surface area contributed by atoms with E-state index in [2.05, 4.69) is 18.8 Å². The van der Waals surface area contributed by atoms with Gasteiger partial charge in [0.2, 0.25) is 5.43 Å². The first kappa shape index (κ1) is 16.1. The number of nitrogens with one attached hydrogen (secondary N) is 1. The van der Waals surface area contributed by atoms with Crippen LogP contribution in [0.3, 0.4) is 0 Å². The van der Waals surface area contributed by atoms with Gasteiger partial charge in [-0.3, -0.25) is 4.79 Å². The molecule has 2 N–H and O–H groups in total. The summed E-state index contributed by atoms with van der Waals surface area (Å²) in [5, 5.41) is 10.1. The summed E-state index contributed by atoms with van der Waals surface area (Å²) >= 11 is 0. The number of H-pyrrole nitrogens is 1. The first-order chi connectivity index (χ1) is 10.4. The number of fused-ring (bicyclic) bond motifs is 1. The Hall–Kier alpha value is -2.30. The zero-order valence-electron chi connectivity index (χ0n) is 13.1. The van der Waals surface area contributed by atoms with Crippen molar-refractivity contribution in [3.63, 3.8) is 0 Å². The summed E-state index contributed by atoms with van der Waals surface area (Å²) in [5.41, 5.74) is 0.300. The zero-order valence-corrected chi connectivity index (χ0v) is 13.1. The lowest BCUT2D eigenvalue weighted by Crippen LogP contribution is -2.46. The lowest BCUT2D eigenvalue weighted by molar-refractivity contribution is 0.0695. The number of aromatic nitrogens is 1. The normalized spacial score (nSPS) is 18.5. The lowest BCUT2D eigenvalue weighted by Gasteiger charge is -2.16. The number of pyridine rings is 1. The second-order valence-corrected chi connectivity index (χ2v) is 5.83. The lowest BCUT2D eigenvalue weighted by atomic mass is 9.91. The van der Waals surface area contributed by atoms with Gasteiger partial charge in [0.25, 0.3) is 0 Å². The standard InChI is InChI=1S/C17H21NO4/c1-4-11-5-13-15(6-12(11)9-22-8-10(2)3)18-7-14(16(13)19)17(20)21/h5-7,9-11,18H,4,8H2,1-3H3,(H,20,21). The summed E-state index contributed by atoms with van der Waals surface area (Å²) in [5.74, 6) is -0.730. The smallest absolute Gasteiger partial charge is 0.341 e. The van der Waals surface area contributed by atoms with Gasteiger partial charge in [0, 0.05) is 22.7 Å². The fraction of sp³-hybridized carbons (Fsp3) is 0.412.